The average molecular weight is 322 g/mol. The van der Waals surface area contributed by atoms with Crippen LogP contribution in [0.5, 0.6) is 0 Å². The number of pyridine rings is 1. The van der Waals surface area contributed by atoms with E-state index in [2.05, 4.69) is 10.4 Å². The number of amides is 1. The van der Waals surface area contributed by atoms with Crippen LogP contribution in [-0.4, -0.2) is 20.3 Å². The number of aryl methyl sites for hydroxylation is 1. The molecule has 1 atom stereocenters. The standard InChI is InChI=1S/C18H18N4O2/c1-13(14-6-4-3-5-7-14)22-11-10-16(20-22)19-18(24)15-8-9-17(23)21(2)12-15/h3-13H,1-2H3,(H,19,20,24)/t13-/m1/s1. The number of hydrogen-bond donors (Lipinski definition) is 1. The highest BCUT2D eigenvalue weighted by Crippen LogP contribution is 2.18. The van der Waals surface area contributed by atoms with E-state index in [-0.39, 0.29) is 17.5 Å². The lowest BCUT2D eigenvalue weighted by atomic mass is 10.1. The van der Waals surface area contributed by atoms with Crippen LogP contribution in [0.4, 0.5) is 5.82 Å². The van der Waals surface area contributed by atoms with Crippen molar-refractivity contribution in [2.75, 3.05) is 5.32 Å². The van der Waals surface area contributed by atoms with Crippen molar-refractivity contribution in [1.29, 1.82) is 0 Å². The quantitative estimate of drug-likeness (QED) is 0.802. The SMILES string of the molecule is C[C@H](c1ccccc1)n1ccc(NC(=O)c2ccc(=O)n(C)c2)n1. The highest BCUT2D eigenvalue weighted by molar-refractivity contribution is 6.03. The first-order chi connectivity index (χ1) is 11.5. The van der Waals surface area contributed by atoms with Crippen molar-refractivity contribution in [3.05, 3.63) is 82.4 Å². The molecule has 0 fully saturated rings. The van der Waals surface area contributed by atoms with Crippen LogP contribution >= 0.6 is 0 Å². The van der Waals surface area contributed by atoms with E-state index in [1.165, 1.54) is 22.9 Å². The second kappa shape index (κ2) is 6.54. The third-order valence-electron chi connectivity index (χ3n) is 3.88. The summed E-state index contributed by atoms with van der Waals surface area (Å²) in [5, 5.41) is 7.15. The molecule has 122 valence electrons. The molecule has 3 rings (SSSR count). The summed E-state index contributed by atoms with van der Waals surface area (Å²) in [5.41, 5.74) is 1.38. The molecule has 6 nitrogen and oxygen atoms in total. The molecule has 1 amide bonds. The highest BCUT2D eigenvalue weighted by atomic mass is 16.2. The lowest BCUT2D eigenvalue weighted by Gasteiger charge is -2.12. The number of carbonyl (C=O) groups excluding carboxylic acids is 1. The van der Waals surface area contributed by atoms with Crippen molar-refractivity contribution in [3.63, 3.8) is 0 Å². The van der Waals surface area contributed by atoms with Crippen LogP contribution in [0.15, 0.2) is 65.7 Å². The summed E-state index contributed by atoms with van der Waals surface area (Å²) in [6, 6.07) is 14.7. The van der Waals surface area contributed by atoms with Crippen molar-refractivity contribution < 1.29 is 4.79 Å². The summed E-state index contributed by atoms with van der Waals surface area (Å²) in [7, 11) is 1.61. The Balaban J connectivity index is 1.75. The molecule has 0 radical (unpaired) electrons. The summed E-state index contributed by atoms with van der Waals surface area (Å²) >= 11 is 0. The Labute approximate surface area is 139 Å². The van der Waals surface area contributed by atoms with Gasteiger partial charge in [-0.15, -0.1) is 0 Å². The Morgan fingerprint density at radius 2 is 1.88 bits per heavy atom. The zero-order valence-electron chi connectivity index (χ0n) is 13.5. The van der Waals surface area contributed by atoms with E-state index in [0.717, 1.165) is 5.56 Å². The summed E-state index contributed by atoms with van der Waals surface area (Å²) in [6.07, 6.45) is 3.33. The van der Waals surface area contributed by atoms with Gasteiger partial charge in [0.05, 0.1) is 11.6 Å². The largest absolute Gasteiger partial charge is 0.318 e. The van der Waals surface area contributed by atoms with Gasteiger partial charge in [-0.25, -0.2) is 0 Å². The molecular formula is C18H18N4O2. The number of aromatic nitrogens is 3. The monoisotopic (exact) mass is 322 g/mol. The summed E-state index contributed by atoms with van der Waals surface area (Å²) in [6.45, 7) is 2.04. The van der Waals surface area contributed by atoms with Gasteiger partial charge in [0.15, 0.2) is 5.82 Å². The van der Waals surface area contributed by atoms with Crippen molar-refractivity contribution in [3.8, 4) is 0 Å². The van der Waals surface area contributed by atoms with Crippen LogP contribution in [0.25, 0.3) is 0 Å². The van der Waals surface area contributed by atoms with Gasteiger partial charge in [0.2, 0.25) is 5.56 Å². The molecule has 0 aliphatic heterocycles. The van der Waals surface area contributed by atoms with Crippen LogP contribution in [0.1, 0.15) is 28.9 Å². The van der Waals surface area contributed by atoms with Gasteiger partial charge in [0.25, 0.3) is 5.91 Å². The lowest BCUT2D eigenvalue weighted by molar-refractivity contribution is 0.102. The van der Waals surface area contributed by atoms with E-state index in [0.29, 0.717) is 11.4 Å². The maximum Gasteiger partial charge on any atom is 0.258 e. The molecule has 0 aliphatic carbocycles. The van der Waals surface area contributed by atoms with E-state index in [1.54, 1.807) is 17.8 Å². The van der Waals surface area contributed by atoms with Crippen molar-refractivity contribution in [2.24, 2.45) is 7.05 Å². The van der Waals surface area contributed by atoms with E-state index in [1.807, 2.05) is 43.5 Å². The van der Waals surface area contributed by atoms with Crippen molar-refractivity contribution >= 4 is 11.7 Å². The zero-order chi connectivity index (χ0) is 17.1. The van der Waals surface area contributed by atoms with E-state index in [4.69, 9.17) is 0 Å². The van der Waals surface area contributed by atoms with Gasteiger partial charge in [0.1, 0.15) is 0 Å². The van der Waals surface area contributed by atoms with Crippen LogP contribution in [0.2, 0.25) is 0 Å². The van der Waals surface area contributed by atoms with Crippen LogP contribution < -0.4 is 10.9 Å². The van der Waals surface area contributed by atoms with Gasteiger partial charge < -0.3 is 9.88 Å². The van der Waals surface area contributed by atoms with Crippen molar-refractivity contribution in [1.82, 2.24) is 14.3 Å². The first-order valence-corrected chi connectivity index (χ1v) is 7.63. The molecule has 0 unspecified atom stereocenters. The normalized spacial score (nSPS) is 11.9. The van der Waals surface area contributed by atoms with Crippen molar-refractivity contribution in [2.45, 2.75) is 13.0 Å². The number of nitrogens with one attached hydrogen (secondary N) is 1. The second-order valence-corrected chi connectivity index (χ2v) is 5.59. The smallest absolute Gasteiger partial charge is 0.258 e. The predicted molar refractivity (Wildman–Crippen MR) is 92.1 cm³/mol. The van der Waals surface area contributed by atoms with Gasteiger partial charge in [0, 0.05) is 31.6 Å². The number of hydrogen-bond acceptors (Lipinski definition) is 3. The Bertz CT molecular complexity index is 912. The molecule has 3 aromatic rings. The molecule has 1 N–H and O–H groups in total. The number of anilines is 1. The van der Waals surface area contributed by atoms with Gasteiger partial charge >= 0.3 is 0 Å². The van der Waals surface area contributed by atoms with Crippen LogP contribution in [-0.2, 0) is 7.05 Å². The van der Waals surface area contributed by atoms with Gasteiger partial charge in [-0.05, 0) is 18.6 Å². The summed E-state index contributed by atoms with van der Waals surface area (Å²) in [5.74, 6) is 0.167. The molecule has 1 aromatic carbocycles. The molecule has 0 saturated carbocycles. The molecule has 0 bridgehead atoms. The number of carbonyl (C=O) groups is 1. The Kier molecular flexibility index (Phi) is 4.29. The molecule has 2 heterocycles. The van der Waals surface area contributed by atoms with Gasteiger partial charge in [-0.3, -0.25) is 14.3 Å². The maximum atomic E-state index is 12.3. The molecule has 2 aromatic heterocycles. The fraction of sp³-hybridized carbons (Fsp3) is 0.167. The fourth-order valence-electron chi connectivity index (χ4n) is 2.42. The van der Waals surface area contributed by atoms with E-state index < -0.39 is 0 Å². The molecule has 0 saturated heterocycles. The number of nitrogens with zero attached hydrogens (tertiary/aromatic N) is 3. The third-order valence-corrected chi connectivity index (χ3v) is 3.88. The average Bonchev–Trinajstić information content (AvgIpc) is 3.06. The molecule has 0 aliphatic rings. The van der Waals surface area contributed by atoms with Gasteiger partial charge in [-0.1, -0.05) is 30.3 Å². The summed E-state index contributed by atoms with van der Waals surface area (Å²) in [4.78, 5) is 23.6. The first-order valence-electron chi connectivity index (χ1n) is 7.63. The third kappa shape index (κ3) is 3.27. The Morgan fingerprint density at radius 1 is 1.12 bits per heavy atom. The first kappa shape index (κ1) is 15.7. The molecule has 0 spiro atoms. The second-order valence-electron chi connectivity index (χ2n) is 5.59. The van der Waals surface area contributed by atoms with E-state index >= 15 is 0 Å². The predicted octanol–water partition coefficient (Wildman–Crippen LogP) is 2.44. The van der Waals surface area contributed by atoms with Crippen LogP contribution in [0, 0.1) is 0 Å². The fourth-order valence-corrected chi connectivity index (χ4v) is 2.42. The lowest BCUT2D eigenvalue weighted by Crippen LogP contribution is -2.19. The van der Waals surface area contributed by atoms with E-state index in [9.17, 15) is 9.59 Å². The maximum absolute atomic E-state index is 12.3. The molecule has 24 heavy (non-hydrogen) atoms. The number of benzene rings is 1. The minimum atomic E-state index is -0.303. The van der Waals surface area contributed by atoms with Crippen LogP contribution in [0.3, 0.4) is 0 Å². The molecule has 6 heteroatoms. The molecular weight excluding hydrogens is 304 g/mol. The van der Waals surface area contributed by atoms with Gasteiger partial charge in [-0.2, -0.15) is 5.10 Å². The minimum Gasteiger partial charge on any atom is -0.318 e. The topological polar surface area (TPSA) is 68.9 Å². The Morgan fingerprint density at radius 3 is 2.58 bits per heavy atom. The highest BCUT2D eigenvalue weighted by Gasteiger charge is 2.12. The summed E-state index contributed by atoms with van der Waals surface area (Å²) < 4.78 is 3.16. The zero-order valence-corrected chi connectivity index (χ0v) is 13.5. The number of rotatable bonds is 4. The Hall–Kier alpha value is -3.15. The minimum absolute atomic E-state index is 0.0643.